The smallest absolute Gasteiger partial charge is 0.239 e. The summed E-state index contributed by atoms with van der Waals surface area (Å²) in [6.07, 6.45) is 2.41. The van der Waals surface area contributed by atoms with E-state index in [2.05, 4.69) is 32.8 Å². The van der Waals surface area contributed by atoms with Gasteiger partial charge in [-0.3, -0.25) is 4.79 Å². The van der Waals surface area contributed by atoms with E-state index in [9.17, 15) is 4.79 Å². The minimum Gasteiger partial charge on any atom is -0.490 e. The summed E-state index contributed by atoms with van der Waals surface area (Å²) in [7, 11) is 1.55. The summed E-state index contributed by atoms with van der Waals surface area (Å²) < 4.78 is 5.28. The monoisotopic (exact) mass is 267 g/mol. The van der Waals surface area contributed by atoms with Crippen molar-refractivity contribution >= 4 is 17.5 Å². The number of ether oxygens (including phenoxy) is 1. The zero-order valence-electron chi connectivity index (χ0n) is 11.6. The van der Waals surface area contributed by atoms with Crippen molar-refractivity contribution in [3.63, 3.8) is 0 Å². The number of likely N-dealkylation sites (N-methyl/N-ethyl adjacent to an activating group) is 1. The number of amides is 1. The first-order valence-corrected chi connectivity index (χ1v) is 6.36. The Morgan fingerprint density at radius 3 is 2.53 bits per heavy atom. The van der Waals surface area contributed by atoms with Gasteiger partial charge in [0.25, 0.3) is 0 Å². The Morgan fingerprint density at radius 2 is 1.95 bits per heavy atom. The number of methoxy groups -OCH3 is 1. The molecule has 0 aliphatic heterocycles. The molecule has 1 rings (SSSR count). The van der Waals surface area contributed by atoms with E-state index in [0.29, 0.717) is 23.9 Å². The largest absolute Gasteiger partial charge is 0.490 e. The van der Waals surface area contributed by atoms with E-state index < -0.39 is 0 Å². The van der Waals surface area contributed by atoms with E-state index in [0.717, 1.165) is 13.0 Å². The Balaban J connectivity index is 2.73. The summed E-state index contributed by atoms with van der Waals surface area (Å²) in [5.74, 6) is 1.55. The van der Waals surface area contributed by atoms with Gasteiger partial charge in [-0.05, 0) is 13.3 Å². The van der Waals surface area contributed by atoms with Crippen molar-refractivity contribution in [1.82, 2.24) is 15.3 Å². The molecule has 7 nitrogen and oxygen atoms in total. The topological polar surface area (TPSA) is 88.2 Å². The second-order valence-corrected chi connectivity index (χ2v) is 3.84. The van der Waals surface area contributed by atoms with Crippen LogP contribution in [0.1, 0.15) is 20.3 Å². The molecule has 19 heavy (non-hydrogen) atoms. The zero-order chi connectivity index (χ0) is 14.1. The van der Waals surface area contributed by atoms with Crippen LogP contribution in [0.25, 0.3) is 0 Å². The predicted molar refractivity (Wildman–Crippen MR) is 74.5 cm³/mol. The SMILES string of the molecule is CCCNc1ncnc(NCC(=O)NCC)c1OC. The Kier molecular flexibility index (Phi) is 6.42. The molecule has 1 heterocycles. The molecule has 0 fully saturated rings. The van der Waals surface area contributed by atoms with Crippen LogP contribution in [-0.2, 0) is 4.79 Å². The summed E-state index contributed by atoms with van der Waals surface area (Å²) >= 11 is 0. The molecule has 7 heteroatoms. The summed E-state index contributed by atoms with van der Waals surface area (Å²) in [5, 5.41) is 8.79. The average Bonchev–Trinajstić information content (AvgIpc) is 2.43. The number of hydrogen-bond donors (Lipinski definition) is 3. The molecule has 0 unspecified atom stereocenters. The molecular weight excluding hydrogens is 246 g/mol. The van der Waals surface area contributed by atoms with Crippen molar-refractivity contribution in [2.45, 2.75) is 20.3 Å². The maximum absolute atomic E-state index is 11.4. The summed E-state index contributed by atoms with van der Waals surface area (Å²) in [4.78, 5) is 19.6. The molecule has 1 aromatic heterocycles. The second kappa shape index (κ2) is 8.12. The number of carbonyl (C=O) groups is 1. The van der Waals surface area contributed by atoms with Crippen LogP contribution in [0.3, 0.4) is 0 Å². The third-order valence-corrected chi connectivity index (χ3v) is 2.34. The highest BCUT2D eigenvalue weighted by molar-refractivity contribution is 5.81. The first kappa shape index (κ1) is 15.0. The van der Waals surface area contributed by atoms with Gasteiger partial charge in [0.1, 0.15) is 6.33 Å². The van der Waals surface area contributed by atoms with Gasteiger partial charge in [-0.25, -0.2) is 9.97 Å². The maximum Gasteiger partial charge on any atom is 0.239 e. The van der Waals surface area contributed by atoms with Crippen molar-refractivity contribution < 1.29 is 9.53 Å². The molecule has 0 saturated carbocycles. The molecule has 0 saturated heterocycles. The van der Waals surface area contributed by atoms with Gasteiger partial charge in [-0.1, -0.05) is 6.92 Å². The quantitative estimate of drug-likeness (QED) is 0.647. The fourth-order valence-electron chi connectivity index (χ4n) is 1.49. The van der Waals surface area contributed by atoms with Crippen LogP contribution in [0.4, 0.5) is 11.6 Å². The van der Waals surface area contributed by atoms with Gasteiger partial charge < -0.3 is 20.7 Å². The molecule has 1 amide bonds. The molecule has 1 aromatic rings. The summed E-state index contributed by atoms with van der Waals surface area (Å²) in [6.45, 7) is 5.48. The van der Waals surface area contributed by atoms with Crippen molar-refractivity contribution in [3.8, 4) is 5.75 Å². The maximum atomic E-state index is 11.4. The molecule has 0 bridgehead atoms. The molecule has 0 radical (unpaired) electrons. The number of carbonyl (C=O) groups excluding carboxylic acids is 1. The first-order valence-electron chi connectivity index (χ1n) is 6.36. The first-order chi connectivity index (χ1) is 9.22. The summed E-state index contributed by atoms with van der Waals surface area (Å²) in [5.41, 5.74) is 0. The van der Waals surface area contributed by atoms with Gasteiger partial charge in [0, 0.05) is 13.1 Å². The number of nitrogens with zero attached hydrogens (tertiary/aromatic N) is 2. The van der Waals surface area contributed by atoms with Crippen LogP contribution in [-0.4, -0.2) is 42.6 Å². The predicted octanol–water partition coefficient (Wildman–Crippen LogP) is 0.855. The number of anilines is 2. The number of hydrogen-bond acceptors (Lipinski definition) is 6. The highest BCUT2D eigenvalue weighted by atomic mass is 16.5. The minimum atomic E-state index is -0.0915. The Bertz CT molecular complexity index is 411. The highest BCUT2D eigenvalue weighted by Crippen LogP contribution is 2.28. The number of nitrogens with one attached hydrogen (secondary N) is 3. The normalized spacial score (nSPS) is 9.84. The lowest BCUT2D eigenvalue weighted by atomic mass is 10.4. The van der Waals surface area contributed by atoms with E-state index in [1.54, 1.807) is 7.11 Å². The van der Waals surface area contributed by atoms with E-state index in [1.807, 2.05) is 6.92 Å². The van der Waals surface area contributed by atoms with Crippen LogP contribution in [0, 0.1) is 0 Å². The van der Waals surface area contributed by atoms with E-state index >= 15 is 0 Å². The Morgan fingerprint density at radius 1 is 1.26 bits per heavy atom. The molecule has 0 aromatic carbocycles. The fourth-order valence-corrected chi connectivity index (χ4v) is 1.49. The van der Waals surface area contributed by atoms with Crippen LogP contribution in [0.5, 0.6) is 5.75 Å². The van der Waals surface area contributed by atoms with Crippen LogP contribution in [0.2, 0.25) is 0 Å². The molecular formula is C12H21N5O2. The van der Waals surface area contributed by atoms with Gasteiger partial charge in [-0.15, -0.1) is 0 Å². The van der Waals surface area contributed by atoms with Gasteiger partial charge in [0.15, 0.2) is 11.6 Å². The summed E-state index contributed by atoms with van der Waals surface area (Å²) in [6, 6.07) is 0. The van der Waals surface area contributed by atoms with E-state index in [4.69, 9.17) is 4.74 Å². The fraction of sp³-hybridized carbons (Fsp3) is 0.583. The number of aromatic nitrogens is 2. The van der Waals surface area contributed by atoms with Gasteiger partial charge in [0.2, 0.25) is 11.7 Å². The van der Waals surface area contributed by atoms with Crippen LogP contribution >= 0.6 is 0 Å². The van der Waals surface area contributed by atoms with E-state index in [1.165, 1.54) is 6.33 Å². The molecule has 0 aliphatic carbocycles. The minimum absolute atomic E-state index is 0.0915. The second-order valence-electron chi connectivity index (χ2n) is 3.84. The number of rotatable bonds is 8. The van der Waals surface area contributed by atoms with Gasteiger partial charge in [0.05, 0.1) is 13.7 Å². The molecule has 0 atom stereocenters. The standard InChI is InChI=1S/C12H21N5O2/c1-4-6-14-11-10(19-3)12(17-8-16-11)15-7-9(18)13-5-2/h8H,4-7H2,1-3H3,(H,13,18)(H2,14,15,16,17). The molecule has 106 valence electrons. The Hall–Kier alpha value is -2.05. The lowest BCUT2D eigenvalue weighted by molar-refractivity contribution is -0.119. The lowest BCUT2D eigenvalue weighted by Crippen LogP contribution is -2.29. The van der Waals surface area contributed by atoms with Crippen LogP contribution < -0.4 is 20.7 Å². The average molecular weight is 267 g/mol. The zero-order valence-corrected chi connectivity index (χ0v) is 11.6. The van der Waals surface area contributed by atoms with Crippen molar-refractivity contribution in [1.29, 1.82) is 0 Å². The van der Waals surface area contributed by atoms with Crippen molar-refractivity contribution in [3.05, 3.63) is 6.33 Å². The third-order valence-electron chi connectivity index (χ3n) is 2.34. The van der Waals surface area contributed by atoms with Gasteiger partial charge >= 0.3 is 0 Å². The molecule has 0 aliphatic rings. The van der Waals surface area contributed by atoms with E-state index in [-0.39, 0.29) is 12.5 Å². The molecule has 3 N–H and O–H groups in total. The highest BCUT2D eigenvalue weighted by Gasteiger charge is 2.12. The van der Waals surface area contributed by atoms with Crippen LogP contribution in [0.15, 0.2) is 6.33 Å². The van der Waals surface area contributed by atoms with Crippen molar-refractivity contribution in [2.75, 3.05) is 37.4 Å². The molecule has 0 spiro atoms. The lowest BCUT2D eigenvalue weighted by Gasteiger charge is -2.13. The van der Waals surface area contributed by atoms with Gasteiger partial charge in [-0.2, -0.15) is 0 Å². The van der Waals surface area contributed by atoms with Crippen molar-refractivity contribution in [2.24, 2.45) is 0 Å². The third kappa shape index (κ3) is 4.61. The Labute approximate surface area is 113 Å².